The van der Waals surface area contributed by atoms with Gasteiger partial charge in [-0.1, -0.05) is 62.4 Å². The molecule has 0 N–H and O–H groups in total. The average molecular weight is 348 g/mol. The Morgan fingerprint density at radius 1 is 0.920 bits per heavy atom. The molecule has 0 radical (unpaired) electrons. The molecule has 4 heteroatoms. The van der Waals surface area contributed by atoms with Crippen molar-refractivity contribution < 1.29 is 17.9 Å². The van der Waals surface area contributed by atoms with Crippen LogP contribution in [-0.4, -0.2) is 12.8 Å². The molecular weight excluding hydrogens is 325 g/mol. The zero-order valence-electron chi connectivity index (χ0n) is 14.2. The van der Waals surface area contributed by atoms with Crippen molar-refractivity contribution in [3.63, 3.8) is 0 Å². The molecule has 0 heterocycles. The molecule has 1 aliphatic rings. The van der Waals surface area contributed by atoms with Crippen LogP contribution in [0.2, 0.25) is 0 Å². The van der Waals surface area contributed by atoms with Crippen LogP contribution in [0.1, 0.15) is 38.5 Å². The highest BCUT2D eigenvalue weighted by molar-refractivity contribution is 5.65. The quantitative estimate of drug-likeness (QED) is 0.593. The van der Waals surface area contributed by atoms with E-state index in [2.05, 4.69) is 0 Å². The van der Waals surface area contributed by atoms with Gasteiger partial charge in [0.15, 0.2) is 11.6 Å². The number of rotatable bonds is 6. The predicted octanol–water partition coefficient (Wildman–Crippen LogP) is 6.32. The second-order valence-corrected chi connectivity index (χ2v) is 6.75. The first-order valence-electron chi connectivity index (χ1n) is 8.95. The van der Waals surface area contributed by atoms with E-state index in [4.69, 9.17) is 4.74 Å². The van der Waals surface area contributed by atoms with Gasteiger partial charge in [-0.25, -0.2) is 8.78 Å². The molecular formula is C21H23F3O. The Bertz CT molecular complexity index is 681. The SMILES string of the molecule is Fc1c(OCC(F)CC2CCCCC2)ccc(-c2ccccc2)c1F. The summed E-state index contributed by atoms with van der Waals surface area (Å²) in [6.45, 7) is -0.239. The molecule has 1 fully saturated rings. The number of halogens is 3. The molecule has 1 atom stereocenters. The molecule has 3 rings (SSSR count). The zero-order valence-corrected chi connectivity index (χ0v) is 14.2. The van der Waals surface area contributed by atoms with Crippen molar-refractivity contribution in [2.45, 2.75) is 44.7 Å². The molecule has 1 unspecified atom stereocenters. The number of alkyl halides is 1. The van der Waals surface area contributed by atoms with Crippen LogP contribution in [0.15, 0.2) is 42.5 Å². The number of hydrogen-bond donors (Lipinski definition) is 0. The molecule has 25 heavy (non-hydrogen) atoms. The summed E-state index contributed by atoms with van der Waals surface area (Å²) in [6.07, 6.45) is 4.91. The van der Waals surface area contributed by atoms with Crippen molar-refractivity contribution in [3.05, 3.63) is 54.1 Å². The van der Waals surface area contributed by atoms with Crippen LogP contribution in [0, 0.1) is 17.6 Å². The van der Waals surface area contributed by atoms with Gasteiger partial charge in [-0.3, -0.25) is 0 Å². The Balaban J connectivity index is 1.62. The van der Waals surface area contributed by atoms with Crippen molar-refractivity contribution in [1.82, 2.24) is 0 Å². The van der Waals surface area contributed by atoms with Gasteiger partial charge in [-0.05, 0) is 30.0 Å². The lowest BCUT2D eigenvalue weighted by atomic mass is 9.86. The third kappa shape index (κ3) is 4.56. The van der Waals surface area contributed by atoms with E-state index in [9.17, 15) is 13.2 Å². The molecule has 2 aromatic carbocycles. The van der Waals surface area contributed by atoms with Gasteiger partial charge in [0.1, 0.15) is 12.8 Å². The van der Waals surface area contributed by atoms with Gasteiger partial charge >= 0.3 is 0 Å². The van der Waals surface area contributed by atoms with Crippen molar-refractivity contribution in [1.29, 1.82) is 0 Å². The van der Waals surface area contributed by atoms with Crippen LogP contribution < -0.4 is 4.74 Å². The predicted molar refractivity (Wildman–Crippen MR) is 93.4 cm³/mol. The smallest absolute Gasteiger partial charge is 0.201 e. The van der Waals surface area contributed by atoms with Gasteiger partial charge in [-0.2, -0.15) is 4.39 Å². The monoisotopic (exact) mass is 348 g/mol. The van der Waals surface area contributed by atoms with E-state index in [1.807, 2.05) is 6.07 Å². The molecule has 0 amide bonds. The highest BCUT2D eigenvalue weighted by atomic mass is 19.2. The van der Waals surface area contributed by atoms with Crippen LogP contribution in [0.5, 0.6) is 5.75 Å². The Morgan fingerprint density at radius 2 is 1.64 bits per heavy atom. The summed E-state index contributed by atoms with van der Waals surface area (Å²) in [5.41, 5.74) is 0.760. The van der Waals surface area contributed by atoms with E-state index in [0.717, 1.165) is 25.7 Å². The Kier molecular flexibility index (Phi) is 6.00. The third-order valence-corrected chi connectivity index (χ3v) is 4.87. The maximum Gasteiger partial charge on any atom is 0.201 e. The summed E-state index contributed by atoms with van der Waals surface area (Å²) in [4.78, 5) is 0. The highest BCUT2D eigenvalue weighted by Crippen LogP contribution is 2.31. The molecule has 0 saturated heterocycles. The minimum atomic E-state index is -1.15. The van der Waals surface area contributed by atoms with Crippen LogP contribution in [-0.2, 0) is 0 Å². The number of benzene rings is 2. The molecule has 134 valence electrons. The molecule has 0 bridgehead atoms. The molecule has 1 aliphatic carbocycles. The summed E-state index contributed by atoms with van der Waals surface area (Å²) in [7, 11) is 0. The Hall–Kier alpha value is -1.97. The Morgan fingerprint density at radius 3 is 2.36 bits per heavy atom. The summed E-state index contributed by atoms with van der Waals surface area (Å²) in [5, 5.41) is 0. The van der Waals surface area contributed by atoms with E-state index in [1.165, 1.54) is 18.6 Å². The van der Waals surface area contributed by atoms with Crippen LogP contribution in [0.4, 0.5) is 13.2 Å². The van der Waals surface area contributed by atoms with Crippen molar-refractivity contribution in [2.75, 3.05) is 6.61 Å². The van der Waals surface area contributed by atoms with Gasteiger partial charge in [0.05, 0.1) is 0 Å². The van der Waals surface area contributed by atoms with Gasteiger partial charge in [-0.15, -0.1) is 0 Å². The topological polar surface area (TPSA) is 9.23 Å². The molecule has 0 spiro atoms. The molecule has 1 saturated carbocycles. The summed E-state index contributed by atoms with van der Waals surface area (Å²) in [5.74, 6) is -1.88. The fourth-order valence-corrected chi connectivity index (χ4v) is 3.52. The second kappa shape index (κ2) is 8.41. The van der Waals surface area contributed by atoms with Crippen LogP contribution in [0.3, 0.4) is 0 Å². The summed E-state index contributed by atoms with van der Waals surface area (Å²) >= 11 is 0. The maximum absolute atomic E-state index is 14.3. The lowest BCUT2D eigenvalue weighted by Crippen LogP contribution is -2.19. The van der Waals surface area contributed by atoms with E-state index in [-0.39, 0.29) is 17.9 Å². The molecule has 1 nitrogen and oxygen atoms in total. The first-order valence-corrected chi connectivity index (χ1v) is 8.95. The highest BCUT2D eigenvalue weighted by Gasteiger charge is 2.21. The maximum atomic E-state index is 14.3. The fraction of sp³-hybridized carbons (Fsp3) is 0.429. The van der Waals surface area contributed by atoms with E-state index in [1.54, 1.807) is 24.3 Å². The third-order valence-electron chi connectivity index (χ3n) is 4.87. The molecule has 2 aromatic rings. The minimum Gasteiger partial charge on any atom is -0.487 e. The summed E-state index contributed by atoms with van der Waals surface area (Å²) in [6, 6.07) is 11.6. The number of ether oxygens (including phenoxy) is 1. The fourth-order valence-electron chi connectivity index (χ4n) is 3.52. The minimum absolute atomic E-state index is 0.171. The Labute approximate surface area is 146 Å². The first-order chi connectivity index (χ1) is 12.1. The van der Waals surface area contributed by atoms with Crippen LogP contribution >= 0.6 is 0 Å². The molecule has 0 aliphatic heterocycles. The second-order valence-electron chi connectivity index (χ2n) is 6.75. The van der Waals surface area contributed by atoms with E-state index in [0.29, 0.717) is 17.9 Å². The number of hydrogen-bond acceptors (Lipinski definition) is 1. The first kappa shape index (κ1) is 17.8. The van der Waals surface area contributed by atoms with Gasteiger partial charge in [0, 0.05) is 5.56 Å². The largest absolute Gasteiger partial charge is 0.487 e. The van der Waals surface area contributed by atoms with E-state index < -0.39 is 17.8 Å². The van der Waals surface area contributed by atoms with Gasteiger partial charge in [0.25, 0.3) is 0 Å². The standard InChI is InChI=1S/C21H23F3O/c22-17(13-15-7-3-1-4-8-15)14-25-19-12-11-18(20(23)21(19)24)16-9-5-2-6-10-16/h2,5-6,9-12,15,17H,1,3-4,7-8,13-14H2. The van der Waals surface area contributed by atoms with Crippen LogP contribution in [0.25, 0.3) is 11.1 Å². The lowest BCUT2D eigenvalue weighted by molar-refractivity contribution is 0.151. The molecule has 0 aromatic heterocycles. The van der Waals surface area contributed by atoms with Gasteiger partial charge < -0.3 is 4.74 Å². The lowest BCUT2D eigenvalue weighted by Gasteiger charge is -2.23. The van der Waals surface area contributed by atoms with E-state index >= 15 is 0 Å². The summed E-state index contributed by atoms with van der Waals surface area (Å²) < 4.78 is 47.9. The van der Waals surface area contributed by atoms with Crippen molar-refractivity contribution in [2.24, 2.45) is 5.92 Å². The normalized spacial score (nSPS) is 16.6. The average Bonchev–Trinajstić information content (AvgIpc) is 2.64. The van der Waals surface area contributed by atoms with Crippen molar-refractivity contribution >= 4 is 0 Å². The van der Waals surface area contributed by atoms with Gasteiger partial charge in [0.2, 0.25) is 5.82 Å². The zero-order chi connectivity index (χ0) is 17.6. The van der Waals surface area contributed by atoms with Crippen molar-refractivity contribution in [3.8, 4) is 16.9 Å².